The van der Waals surface area contributed by atoms with Crippen LogP contribution in [0.4, 0.5) is 0 Å². The third-order valence-corrected chi connectivity index (χ3v) is 5.51. The van der Waals surface area contributed by atoms with E-state index in [0.717, 1.165) is 11.1 Å². The highest BCUT2D eigenvalue weighted by Gasteiger charge is 2.53. The standard InChI is InChI=1S/C25H29N5O4/c1-4-14-25(24(32)30(2)3)22(21-9-6-5-8-19(21)17-27-29-26)34-23(28-25)18-10-12-20(13-11-18)33-16-7-15-31/h4-6,8-13,22,31H,1,7,14-17H2,2-3H3/t22-,25-/m0/s1. The zero-order chi connectivity index (χ0) is 24.6. The molecule has 0 aliphatic carbocycles. The van der Waals surface area contributed by atoms with Crippen molar-refractivity contribution in [3.8, 4) is 5.75 Å². The molecule has 2 aromatic carbocycles. The molecule has 1 amide bonds. The van der Waals surface area contributed by atoms with Crippen LogP contribution in [-0.2, 0) is 16.1 Å². The molecule has 2 aromatic rings. The highest BCUT2D eigenvalue weighted by molar-refractivity contribution is 6.01. The summed E-state index contributed by atoms with van der Waals surface area (Å²) < 4.78 is 12.0. The minimum Gasteiger partial charge on any atom is -0.494 e. The second kappa shape index (κ2) is 11.4. The van der Waals surface area contributed by atoms with E-state index in [1.54, 1.807) is 32.3 Å². The van der Waals surface area contributed by atoms with E-state index < -0.39 is 11.6 Å². The monoisotopic (exact) mass is 463 g/mol. The van der Waals surface area contributed by atoms with Gasteiger partial charge in [0.2, 0.25) is 5.90 Å². The lowest BCUT2D eigenvalue weighted by atomic mass is 9.82. The predicted octanol–water partition coefficient (Wildman–Crippen LogP) is 4.18. The van der Waals surface area contributed by atoms with Crippen molar-refractivity contribution in [1.82, 2.24) is 4.90 Å². The Labute approximate surface area is 199 Å². The molecule has 3 rings (SSSR count). The fraction of sp³-hybridized carbons (Fsp3) is 0.360. The smallest absolute Gasteiger partial charge is 0.254 e. The summed E-state index contributed by atoms with van der Waals surface area (Å²) in [6.07, 6.45) is 1.74. The summed E-state index contributed by atoms with van der Waals surface area (Å²) in [5, 5.41) is 12.6. The number of likely N-dealkylation sites (N-methyl/N-ethyl adjacent to an activating group) is 1. The van der Waals surface area contributed by atoms with Crippen LogP contribution in [0.25, 0.3) is 10.4 Å². The first-order chi connectivity index (χ1) is 16.5. The van der Waals surface area contributed by atoms with Crippen molar-refractivity contribution in [2.45, 2.75) is 31.0 Å². The van der Waals surface area contributed by atoms with E-state index in [1.807, 2.05) is 36.4 Å². The van der Waals surface area contributed by atoms with Gasteiger partial charge in [-0.2, -0.15) is 0 Å². The van der Waals surface area contributed by atoms with Gasteiger partial charge < -0.3 is 19.5 Å². The fourth-order valence-electron chi connectivity index (χ4n) is 3.93. The van der Waals surface area contributed by atoms with Gasteiger partial charge in [0.05, 0.1) is 13.2 Å². The van der Waals surface area contributed by atoms with Crippen molar-refractivity contribution in [2.75, 3.05) is 27.3 Å². The highest BCUT2D eigenvalue weighted by atomic mass is 16.5. The quantitative estimate of drug-likeness (QED) is 0.177. The van der Waals surface area contributed by atoms with Gasteiger partial charge in [-0.3, -0.25) is 4.79 Å². The number of aliphatic imine (C=N–C) groups is 1. The number of rotatable bonds is 11. The van der Waals surface area contributed by atoms with E-state index in [-0.39, 0.29) is 25.5 Å². The van der Waals surface area contributed by atoms with Crippen molar-refractivity contribution in [3.05, 3.63) is 88.3 Å². The minimum atomic E-state index is -1.26. The van der Waals surface area contributed by atoms with Crippen LogP contribution in [0.15, 0.2) is 71.3 Å². The lowest BCUT2D eigenvalue weighted by Crippen LogP contribution is -2.47. The van der Waals surface area contributed by atoms with Crippen molar-refractivity contribution in [2.24, 2.45) is 10.1 Å². The molecule has 0 spiro atoms. The van der Waals surface area contributed by atoms with E-state index in [9.17, 15) is 4.79 Å². The number of azide groups is 1. The molecule has 0 bridgehead atoms. The first-order valence-electron chi connectivity index (χ1n) is 11.0. The number of carbonyl (C=O) groups is 1. The maximum atomic E-state index is 13.5. The first-order valence-corrected chi connectivity index (χ1v) is 11.0. The number of aliphatic hydroxyl groups excluding tert-OH is 1. The molecule has 0 saturated carbocycles. The number of carbonyl (C=O) groups excluding carboxylic acids is 1. The number of hydrogen-bond acceptors (Lipinski definition) is 6. The number of aliphatic hydroxyl groups is 1. The number of benzene rings is 2. The molecule has 178 valence electrons. The van der Waals surface area contributed by atoms with Gasteiger partial charge in [-0.05, 0) is 40.9 Å². The Hall–Kier alpha value is -3.81. The Morgan fingerprint density at radius 2 is 2.06 bits per heavy atom. The second-order valence-electron chi connectivity index (χ2n) is 8.07. The first kappa shape index (κ1) is 24.8. The Kier molecular flexibility index (Phi) is 8.29. The van der Waals surface area contributed by atoms with Gasteiger partial charge in [-0.25, -0.2) is 4.99 Å². The summed E-state index contributed by atoms with van der Waals surface area (Å²) in [6.45, 7) is 4.47. The van der Waals surface area contributed by atoms with Crippen LogP contribution in [-0.4, -0.2) is 54.7 Å². The van der Waals surface area contributed by atoms with Crippen molar-refractivity contribution in [1.29, 1.82) is 0 Å². The average molecular weight is 464 g/mol. The molecule has 0 fully saturated rings. The molecule has 2 atom stereocenters. The van der Waals surface area contributed by atoms with Crippen LogP contribution >= 0.6 is 0 Å². The van der Waals surface area contributed by atoms with E-state index in [4.69, 9.17) is 25.1 Å². The predicted molar refractivity (Wildman–Crippen MR) is 130 cm³/mol. The molecular weight excluding hydrogens is 434 g/mol. The molecule has 0 unspecified atom stereocenters. The lowest BCUT2D eigenvalue weighted by Gasteiger charge is -2.32. The Balaban J connectivity index is 2.05. The van der Waals surface area contributed by atoms with E-state index in [1.165, 1.54) is 4.90 Å². The van der Waals surface area contributed by atoms with Crippen molar-refractivity contribution >= 4 is 11.8 Å². The van der Waals surface area contributed by atoms with Crippen LogP contribution in [0.5, 0.6) is 5.75 Å². The summed E-state index contributed by atoms with van der Waals surface area (Å²) in [4.78, 5) is 22.7. The number of nitrogens with zero attached hydrogens (tertiary/aromatic N) is 5. The fourth-order valence-corrected chi connectivity index (χ4v) is 3.93. The molecule has 9 nitrogen and oxygen atoms in total. The summed E-state index contributed by atoms with van der Waals surface area (Å²) in [7, 11) is 3.37. The molecule has 1 aliphatic heterocycles. The highest BCUT2D eigenvalue weighted by Crippen LogP contribution is 2.44. The molecule has 1 heterocycles. The second-order valence-corrected chi connectivity index (χ2v) is 8.07. The maximum Gasteiger partial charge on any atom is 0.254 e. The molecule has 1 N–H and O–H groups in total. The Morgan fingerprint density at radius 3 is 2.71 bits per heavy atom. The summed E-state index contributed by atoms with van der Waals surface area (Å²) in [6, 6.07) is 14.6. The number of amides is 1. The third kappa shape index (κ3) is 5.22. The molecule has 9 heteroatoms. The van der Waals surface area contributed by atoms with Crippen LogP contribution in [0.1, 0.15) is 35.6 Å². The van der Waals surface area contributed by atoms with Gasteiger partial charge in [-0.1, -0.05) is 35.5 Å². The van der Waals surface area contributed by atoms with Gasteiger partial charge in [0.1, 0.15) is 5.75 Å². The van der Waals surface area contributed by atoms with Crippen molar-refractivity contribution in [3.63, 3.8) is 0 Å². The SMILES string of the molecule is C=CC[C@]1(C(=O)N(C)C)N=C(c2ccc(OCCCO)cc2)O[C@H]1c1ccccc1CN=[N+]=[N-]. The molecule has 0 radical (unpaired) electrons. The van der Waals surface area contributed by atoms with Crippen LogP contribution in [0.2, 0.25) is 0 Å². The summed E-state index contributed by atoms with van der Waals surface area (Å²) in [5.74, 6) is 0.784. The topological polar surface area (TPSA) is 120 Å². The Bertz CT molecular complexity index is 1090. The third-order valence-electron chi connectivity index (χ3n) is 5.51. The zero-order valence-electron chi connectivity index (χ0n) is 19.4. The summed E-state index contributed by atoms with van der Waals surface area (Å²) in [5.41, 5.74) is 9.75. The number of hydrogen-bond donors (Lipinski definition) is 1. The molecule has 34 heavy (non-hydrogen) atoms. The molecular formula is C25H29N5O4. The van der Waals surface area contributed by atoms with Crippen LogP contribution < -0.4 is 4.74 Å². The largest absolute Gasteiger partial charge is 0.494 e. The van der Waals surface area contributed by atoms with Gasteiger partial charge in [0.25, 0.3) is 5.91 Å². The zero-order valence-corrected chi connectivity index (χ0v) is 19.4. The maximum absolute atomic E-state index is 13.5. The Morgan fingerprint density at radius 1 is 1.32 bits per heavy atom. The normalized spacial score (nSPS) is 18.9. The van der Waals surface area contributed by atoms with Crippen LogP contribution in [0.3, 0.4) is 0 Å². The molecule has 0 saturated heterocycles. The van der Waals surface area contributed by atoms with Crippen LogP contribution in [0, 0.1) is 0 Å². The lowest BCUT2D eigenvalue weighted by molar-refractivity contribution is -0.137. The van der Waals surface area contributed by atoms with Crippen molar-refractivity contribution < 1.29 is 19.4 Å². The van der Waals surface area contributed by atoms with Gasteiger partial charge in [0, 0.05) is 44.0 Å². The molecule has 1 aliphatic rings. The van der Waals surface area contributed by atoms with Gasteiger partial charge in [0.15, 0.2) is 11.6 Å². The van der Waals surface area contributed by atoms with Gasteiger partial charge in [-0.15, -0.1) is 6.58 Å². The van der Waals surface area contributed by atoms with E-state index in [0.29, 0.717) is 30.2 Å². The van der Waals surface area contributed by atoms with E-state index >= 15 is 0 Å². The number of ether oxygens (including phenoxy) is 2. The average Bonchev–Trinajstić information content (AvgIpc) is 3.23. The summed E-state index contributed by atoms with van der Waals surface area (Å²) >= 11 is 0. The van der Waals surface area contributed by atoms with Gasteiger partial charge >= 0.3 is 0 Å². The van der Waals surface area contributed by atoms with E-state index in [2.05, 4.69) is 16.6 Å². The molecule has 0 aromatic heterocycles. The minimum absolute atomic E-state index is 0.0660.